The molecule has 10 heteroatoms. The molecule has 1 aromatic carbocycles. The molecule has 2 aromatic heterocycles. The standard InChI is InChI=1S/C21H23N3O6S/c1-12-19-15(21(25)30-4)10-16(13-5-6-17(28-2)18(9-13)29-3)22-20(19)24(23-12)14-7-8-31(26,27)11-14/h5-6,9-10,14H,7-8,11H2,1-4H3/t14-/m0/s1. The SMILES string of the molecule is COC(=O)c1cc(-c2ccc(OC)c(OC)c2)nc2c1c(C)nn2[C@H]1CCS(=O)(=O)C1. The highest BCUT2D eigenvalue weighted by atomic mass is 32.2. The van der Waals surface area contributed by atoms with Crippen LogP contribution in [0.2, 0.25) is 0 Å². The van der Waals surface area contributed by atoms with E-state index >= 15 is 0 Å². The van der Waals surface area contributed by atoms with Gasteiger partial charge in [0.15, 0.2) is 27.0 Å². The number of aromatic nitrogens is 3. The summed E-state index contributed by atoms with van der Waals surface area (Å²) in [7, 11) is 1.28. The number of rotatable bonds is 5. The lowest BCUT2D eigenvalue weighted by molar-refractivity contribution is 0.0603. The van der Waals surface area contributed by atoms with Gasteiger partial charge in [0.1, 0.15) is 0 Å². The number of methoxy groups -OCH3 is 3. The van der Waals surface area contributed by atoms with Gasteiger partial charge in [-0.2, -0.15) is 5.10 Å². The molecule has 1 atom stereocenters. The molecule has 1 aliphatic rings. The average molecular weight is 445 g/mol. The second-order valence-corrected chi connectivity index (χ2v) is 9.63. The molecule has 1 aliphatic heterocycles. The van der Waals surface area contributed by atoms with Gasteiger partial charge in [0.25, 0.3) is 0 Å². The number of aryl methyl sites for hydroxylation is 1. The van der Waals surface area contributed by atoms with Crippen LogP contribution in [0.3, 0.4) is 0 Å². The number of carbonyl (C=O) groups is 1. The Morgan fingerprint density at radius 3 is 2.48 bits per heavy atom. The number of benzene rings is 1. The van der Waals surface area contributed by atoms with E-state index in [9.17, 15) is 13.2 Å². The van der Waals surface area contributed by atoms with Crippen molar-refractivity contribution in [1.82, 2.24) is 14.8 Å². The summed E-state index contributed by atoms with van der Waals surface area (Å²) in [5, 5.41) is 5.10. The molecule has 0 radical (unpaired) electrons. The second-order valence-electron chi connectivity index (χ2n) is 7.40. The molecule has 31 heavy (non-hydrogen) atoms. The molecule has 0 bridgehead atoms. The van der Waals surface area contributed by atoms with E-state index in [1.165, 1.54) is 14.2 Å². The van der Waals surface area contributed by atoms with E-state index in [0.717, 1.165) is 0 Å². The Bertz CT molecular complexity index is 1280. The summed E-state index contributed by atoms with van der Waals surface area (Å²) in [5.74, 6) is 0.678. The van der Waals surface area contributed by atoms with Gasteiger partial charge >= 0.3 is 5.97 Å². The highest BCUT2D eigenvalue weighted by molar-refractivity contribution is 7.91. The lowest BCUT2D eigenvalue weighted by atomic mass is 10.0. The van der Waals surface area contributed by atoms with Gasteiger partial charge in [0.05, 0.1) is 61.2 Å². The second kappa shape index (κ2) is 7.84. The summed E-state index contributed by atoms with van der Waals surface area (Å²) in [6, 6.07) is 6.65. The zero-order chi connectivity index (χ0) is 22.3. The first-order valence-electron chi connectivity index (χ1n) is 9.69. The average Bonchev–Trinajstić information content (AvgIpc) is 3.30. The van der Waals surface area contributed by atoms with Gasteiger partial charge < -0.3 is 14.2 Å². The summed E-state index contributed by atoms with van der Waals surface area (Å²) in [6.07, 6.45) is 0.453. The van der Waals surface area contributed by atoms with Crippen molar-refractivity contribution in [3.63, 3.8) is 0 Å². The summed E-state index contributed by atoms with van der Waals surface area (Å²) < 4.78 is 41.4. The zero-order valence-corrected chi connectivity index (χ0v) is 18.5. The minimum absolute atomic E-state index is 0.000949. The number of nitrogens with zero attached hydrogens (tertiary/aromatic N) is 3. The van der Waals surface area contributed by atoms with E-state index in [2.05, 4.69) is 5.10 Å². The van der Waals surface area contributed by atoms with Crippen molar-refractivity contribution in [2.75, 3.05) is 32.8 Å². The Hall–Kier alpha value is -3.14. The van der Waals surface area contributed by atoms with Crippen molar-refractivity contribution in [3.8, 4) is 22.8 Å². The van der Waals surface area contributed by atoms with Gasteiger partial charge in [0.2, 0.25) is 0 Å². The summed E-state index contributed by atoms with van der Waals surface area (Å²) in [6.45, 7) is 1.77. The fourth-order valence-corrected chi connectivity index (χ4v) is 5.64. The van der Waals surface area contributed by atoms with Crippen LogP contribution < -0.4 is 9.47 Å². The van der Waals surface area contributed by atoms with Crippen LogP contribution in [-0.2, 0) is 14.6 Å². The van der Waals surface area contributed by atoms with E-state index in [4.69, 9.17) is 19.2 Å². The molecule has 0 saturated carbocycles. The number of hydrogen-bond acceptors (Lipinski definition) is 8. The normalized spacial score (nSPS) is 17.6. The van der Waals surface area contributed by atoms with Crippen LogP contribution in [0.25, 0.3) is 22.3 Å². The summed E-state index contributed by atoms with van der Waals surface area (Å²) in [4.78, 5) is 17.4. The molecule has 3 heterocycles. The maximum Gasteiger partial charge on any atom is 0.338 e. The Balaban J connectivity index is 1.95. The number of ether oxygens (including phenoxy) is 3. The van der Waals surface area contributed by atoms with E-state index in [-0.39, 0.29) is 17.5 Å². The molecule has 164 valence electrons. The van der Waals surface area contributed by atoms with Crippen molar-refractivity contribution in [2.24, 2.45) is 0 Å². The number of hydrogen-bond donors (Lipinski definition) is 0. The monoisotopic (exact) mass is 445 g/mol. The number of esters is 1. The largest absolute Gasteiger partial charge is 0.493 e. The lowest BCUT2D eigenvalue weighted by Crippen LogP contribution is -2.13. The van der Waals surface area contributed by atoms with Crippen LogP contribution in [0.5, 0.6) is 11.5 Å². The third-order valence-electron chi connectivity index (χ3n) is 5.48. The Kier molecular flexibility index (Phi) is 5.34. The smallest absolute Gasteiger partial charge is 0.338 e. The van der Waals surface area contributed by atoms with E-state index < -0.39 is 15.8 Å². The van der Waals surface area contributed by atoms with Gasteiger partial charge in [-0.15, -0.1) is 0 Å². The zero-order valence-electron chi connectivity index (χ0n) is 17.7. The van der Waals surface area contributed by atoms with Crippen molar-refractivity contribution in [2.45, 2.75) is 19.4 Å². The van der Waals surface area contributed by atoms with Gasteiger partial charge in [-0.3, -0.25) is 0 Å². The first-order valence-corrected chi connectivity index (χ1v) is 11.5. The lowest BCUT2D eigenvalue weighted by Gasteiger charge is -2.13. The maximum atomic E-state index is 12.6. The summed E-state index contributed by atoms with van der Waals surface area (Å²) in [5.41, 5.74) is 2.57. The topological polar surface area (TPSA) is 110 Å². The molecular formula is C21H23N3O6S. The van der Waals surface area contributed by atoms with Gasteiger partial charge in [-0.1, -0.05) is 0 Å². The summed E-state index contributed by atoms with van der Waals surface area (Å²) >= 11 is 0. The first kappa shape index (κ1) is 21.1. The van der Waals surface area contributed by atoms with Crippen LogP contribution in [0.15, 0.2) is 24.3 Å². The molecule has 9 nitrogen and oxygen atoms in total. The number of sulfone groups is 1. The van der Waals surface area contributed by atoms with Crippen molar-refractivity contribution in [3.05, 3.63) is 35.5 Å². The van der Waals surface area contributed by atoms with E-state index in [1.807, 2.05) is 6.07 Å². The van der Waals surface area contributed by atoms with E-state index in [0.29, 0.717) is 51.5 Å². The van der Waals surface area contributed by atoms with E-state index in [1.54, 1.807) is 36.9 Å². The first-order chi connectivity index (χ1) is 14.8. The fourth-order valence-electron chi connectivity index (χ4n) is 3.95. The Labute approximate surface area is 179 Å². The maximum absolute atomic E-state index is 12.6. The van der Waals surface area contributed by atoms with Crippen LogP contribution in [0.4, 0.5) is 0 Å². The van der Waals surface area contributed by atoms with Crippen LogP contribution in [0.1, 0.15) is 28.5 Å². The molecule has 4 rings (SSSR count). The van der Waals surface area contributed by atoms with Crippen LogP contribution >= 0.6 is 0 Å². The van der Waals surface area contributed by atoms with Crippen molar-refractivity contribution < 1.29 is 27.4 Å². The number of pyridine rings is 1. The Morgan fingerprint density at radius 1 is 1.13 bits per heavy atom. The number of fused-ring (bicyclic) bond motifs is 1. The number of carbonyl (C=O) groups excluding carboxylic acids is 1. The highest BCUT2D eigenvalue weighted by Gasteiger charge is 2.32. The van der Waals surface area contributed by atoms with Crippen molar-refractivity contribution in [1.29, 1.82) is 0 Å². The predicted molar refractivity (Wildman–Crippen MR) is 114 cm³/mol. The van der Waals surface area contributed by atoms with Gasteiger partial charge in [-0.05, 0) is 37.6 Å². The predicted octanol–water partition coefficient (Wildman–Crippen LogP) is 2.57. The van der Waals surface area contributed by atoms with Crippen LogP contribution in [-0.4, -0.2) is 62.0 Å². The third kappa shape index (κ3) is 3.71. The molecule has 0 spiro atoms. The van der Waals surface area contributed by atoms with Crippen LogP contribution in [0, 0.1) is 6.92 Å². The molecule has 1 fully saturated rings. The quantitative estimate of drug-likeness (QED) is 0.551. The molecule has 1 saturated heterocycles. The Morgan fingerprint density at radius 2 is 1.87 bits per heavy atom. The molecule has 3 aromatic rings. The molecule has 0 aliphatic carbocycles. The molecular weight excluding hydrogens is 422 g/mol. The third-order valence-corrected chi connectivity index (χ3v) is 7.23. The van der Waals surface area contributed by atoms with Gasteiger partial charge in [0, 0.05) is 5.56 Å². The van der Waals surface area contributed by atoms with Crippen molar-refractivity contribution >= 4 is 26.8 Å². The minimum atomic E-state index is -3.12. The minimum Gasteiger partial charge on any atom is -0.493 e. The molecule has 0 unspecified atom stereocenters. The fraction of sp³-hybridized carbons (Fsp3) is 0.381. The molecule has 0 amide bonds. The molecule has 0 N–H and O–H groups in total. The van der Waals surface area contributed by atoms with Gasteiger partial charge in [-0.25, -0.2) is 22.9 Å². The highest BCUT2D eigenvalue weighted by Crippen LogP contribution is 2.35.